The van der Waals surface area contributed by atoms with Gasteiger partial charge in [-0.1, -0.05) is 40.2 Å². The molecule has 0 aromatic heterocycles. The van der Waals surface area contributed by atoms with Crippen LogP contribution in [0.3, 0.4) is 0 Å². The summed E-state index contributed by atoms with van der Waals surface area (Å²) in [5.41, 5.74) is 2.81. The third kappa shape index (κ3) is 3.36. The number of hydrogen-bond acceptors (Lipinski definition) is 1. The van der Waals surface area contributed by atoms with E-state index >= 15 is 0 Å². The van der Waals surface area contributed by atoms with E-state index in [9.17, 15) is 0 Å². The van der Waals surface area contributed by atoms with Gasteiger partial charge in [-0.05, 0) is 49.4 Å². The number of halogens is 1. The first kappa shape index (κ1) is 12.2. The molecule has 0 spiro atoms. The summed E-state index contributed by atoms with van der Waals surface area (Å²) in [5.74, 6) is 0.814. The fourth-order valence-electron chi connectivity index (χ4n) is 2.25. The van der Waals surface area contributed by atoms with Crippen molar-refractivity contribution < 1.29 is 0 Å². The van der Waals surface area contributed by atoms with Crippen LogP contribution in [0.15, 0.2) is 24.3 Å². The summed E-state index contributed by atoms with van der Waals surface area (Å²) in [6.07, 6.45) is 3.67. The summed E-state index contributed by atoms with van der Waals surface area (Å²) in [6, 6.07) is 8.93. The van der Waals surface area contributed by atoms with E-state index in [0.29, 0.717) is 0 Å². The first-order valence-electron chi connectivity index (χ1n) is 5.91. The van der Waals surface area contributed by atoms with Gasteiger partial charge in [0.05, 0.1) is 0 Å². The highest BCUT2D eigenvalue weighted by Crippen LogP contribution is 2.21. The van der Waals surface area contributed by atoms with Crippen molar-refractivity contribution >= 4 is 23.9 Å². The molecule has 84 valence electrons. The molecule has 3 heteroatoms. The van der Waals surface area contributed by atoms with Gasteiger partial charge in [-0.2, -0.15) is 0 Å². The van der Waals surface area contributed by atoms with Crippen molar-refractivity contribution in [3.05, 3.63) is 35.4 Å². The number of alkyl halides is 1. The maximum Gasteiger partial charge on any atom is 0.182 e. The molecule has 0 saturated carbocycles. The maximum absolute atomic E-state index is 5.76. The summed E-state index contributed by atoms with van der Waals surface area (Å²) in [6.45, 7) is 2.09. The van der Waals surface area contributed by atoms with Gasteiger partial charge in [0.15, 0.2) is 7.98 Å². The van der Waals surface area contributed by atoms with Crippen LogP contribution < -0.4 is 0 Å². The van der Waals surface area contributed by atoms with E-state index in [0.717, 1.165) is 24.3 Å². The zero-order valence-electron chi connectivity index (χ0n) is 9.53. The Balaban J connectivity index is 1.88. The molecule has 1 nitrogen and oxygen atoms in total. The Morgan fingerprint density at radius 1 is 1.12 bits per heavy atom. The van der Waals surface area contributed by atoms with E-state index in [2.05, 4.69) is 40.2 Å². The van der Waals surface area contributed by atoms with E-state index in [1.165, 1.54) is 30.4 Å². The number of hydrogen-bond donors (Lipinski definition) is 0. The summed E-state index contributed by atoms with van der Waals surface area (Å²) in [5, 5.41) is 0.943. The number of piperidine rings is 1. The van der Waals surface area contributed by atoms with Gasteiger partial charge in [-0.3, -0.25) is 0 Å². The van der Waals surface area contributed by atoms with Crippen molar-refractivity contribution in [1.82, 2.24) is 4.81 Å². The molecule has 1 heterocycles. The van der Waals surface area contributed by atoms with Gasteiger partial charge in [0.1, 0.15) is 0 Å². The van der Waals surface area contributed by atoms with Gasteiger partial charge < -0.3 is 4.81 Å². The standard InChI is InChI=1S/C13H17BBrN/c14-16-7-5-12(6-8-16)9-11-1-3-13(10-15)4-2-11/h1-4,12H,5-10H2. The highest BCUT2D eigenvalue weighted by atomic mass is 79.9. The van der Waals surface area contributed by atoms with E-state index < -0.39 is 0 Å². The Morgan fingerprint density at radius 3 is 2.25 bits per heavy atom. The Bertz CT molecular complexity index is 317. The lowest BCUT2D eigenvalue weighted by Crippen LogP contribution is -2.32. The predicted molar refractivity (Wildman–Crippen MR) is 72.8 cm³/mol. The third-order valence-electron chi connectivity index (χ3n) is 3.35. The minimum Gasteiger partial charge on any atom is -0.353 e. The third-order valence-corrected chi connectivity index (χ3v) is 4.00. The predicted octanol–water partition coefficient (Wildman–Crippen LogP) is 2.92. The van der Waals surface area contributed by atoms with E-state index in [1.54, 1.807) is 0 Å². The van der Waals surface area contributed by atoms with Crippen molar-refractivity contribution in [2.75, 3.05) is 13.1 Å². The van der Waals surface area contributed by atoms with Crippen molar-refractivity contribution in [3.63, 3.8) is 0 Å². The number of benzene rings is 1. The van der Waals surface area contributed by atoms with Crippen LogP contribution in [-0.4, -0.2) is 25.9 Å². The van der Waals surface area contributed by atoms with Crippen LogP contribution in [0.25, 0.3) is 0 Å². The lowest BCUT2D eigenvalue weighted by Gasteiger charge is -2.29. The first-order chi connectivity index (χ1) is 7.78. The monoisotopic (exact) mass is 277 g/mol. The summed E-state index contributed by atoms with van der Waals surface area (Å²) >= 11 is 3.47. The maximum atomic E-state index is 5.76. The number of rotatable bonds is 3. The van der Waals surface area contributed by atoms with E-state index in [-0.39, 0.29) is 0 Å². The molecule has 0 N–H and O–H groups in total. The molecule has 0 unspecified atom stereocenters. The molecular weight excluding hydrogens is 261 g/mol. The van der Waals surface area contributed by atoms with Crippen LogP contribution in [0.2, 0.25) is 0 Å². The van der Waals surface area contributed by atoms with Crippen LogP contribution in [0, 0.1) is 5.92 Å². The first-order valence-corrected chi connectivity index (χ1v) is 7.03. The Kier molecular flexibility index (Phi) is 4.48. The second kappa shape index (κ2) is 5.88. The molecule has 0 bridgehead atoms. The van der Waals surface area contributed by atoms with Gasteiger partial charge in [0, 0.05) is 5.33 Å². The molecule has 0 aliphatic carbocycles. The highest BCUT2D eigenvalue weighted by molar-refractivity contribution is 9.08. The summed E-state index contributed by atoms with van der Waals surface area (Å²) in [7, 11) is 5.76. The molecule has 1 saturated heterocycles. The zero-order chi connectivity index (χ0) is 11.4. The van der Waals surface area contributed by atoms with Crippen LogP contribution in [-0.2, 0) is 11.8 Å². The molecule has 1 aliphatic heterocycles. The molecule has 1 aromatic rings. The van der Waals surface area contributed by atoms with Crippen molar-refractivity contribution in [2.24, 2.45) is 5.92 Å². The zero-order valence-corrected chi connectivity index (χ0v) is 11.1. The van der Waals surface area contributed by atoms with E-state index in [1.807, 2.05) is 4.81 Å². The second-order valence-corrected chi connectivity index (χ2v) is 5.19. The van der Waals surface area contributed by atoms with Crippen molar-refractivity contribution in [2.45, 2.75) is 24.6 Å². The average Bonchev–Trinajstić information content (AvgIpc) is 2.33. The molecule has 0 amide bonds. The molecule has 2 radical (unpaired) electrons. The summed E-state index contributed by atoms with van der Waals surface area (Å²) in [4.78, 5) is 1.93. The number of nitrogens with zero attached hydrogens (tertiary/aromatic N) is 1. The molecular formula is C13H17BBrN. The quantitative estimate of drug-likeness (QED) is 0.607. The summed E-state index contributed by atoms with van der Waals surface area (Å²) < 4.78 is 0. The molecule has 1 aromatic carbocycles. The van der Waals surface area contributed by atoms with Crippen LogP contribution in [0.5, 0.6) is 0 Å². The molecule has 0 atom stereocenters. The lowest BCUT2D eigenvalue weighted by molar-refractivity contribution is 0.281. The van der Waals surface area contributed by atoms with Gasteiger partial charge >= 0.3 is 0 Å². The SMILES string of the molecule is [B]N1CCC(Cc2ccc(CBr)cc2)CC1. The smallest absolute Gasteiger partial charge is 0.182 e. The van der Waals surface area contributed by atoms with E-state index in [4.69, 9.17) is 7.98 Å². The molecule has 1 fully saturated rings. The second-order valence-electron chi connectivity index (χ2n) is 4.63. The highest BCUT2D eigenvalue weighted by Gasteiger charge is 2.16. The van der Waals surface area contributed by atoms with Crippen molar-refractivity contribution in [3.8, 4) is 0 Å². The fraction of sp³-hybridized carbons (Fsp3) is 0.538. The molecule has 1 aliphatic rings. The van der Waals surface area contributed by atoms with Gasteiger partial charge in [0.25, 0.3) is 0 Å². The minimum atomic E-state index is 0.814. The largest absolute Gasteiger partial charge is 0.353 e. The van der Waals surface area contributed by atoms with Gasteiger partial charge in [-0.25, -0.2) is 0 Å². The normalized spacial score (nSPS) is 18.8. The topological polar surface area (TPSA) is 3.24 Å². The Labute approximate surface area is 108 Å². The van der Waals surface area contributed by atoms with Crippen LogP contribution in [0.4, 0.5) is 0 Å². The average molecular weight is 278 g/mol. The lowest BCUT2D eigenvalue weighted by atomic mass is 9.89. The van der Waals surface area contributed by atoms with Crippen LogP contribution >= 0.6 is 15.9 Å². The van der Waals surface area contributed by atoms with Crippen molar-refractivity contribution in [1.29, 1.82) is 0 Å². The van der Waals surface area contributed by atoms with Crippen LogP contribution in [0.1, 0.15) is 24.0 Å². The molecule has 2 rings (SSSR count). The minimum absolute atomic E-state index is 0.814. The molecule has 16 heavy (non-hydrogen) atoms. The van der Waals surface area contributed by atoms with Gasteiger partial charge in [0.2, 0.25) is 0 Å². The Morgan fingerprint density at radius 2 is 1.69 bits per heavy atom. The Hall–Kier alpha value is -0.275. The van der Waals surface area contributed by atoms with Gasteiger partial charge in [-0.15, -0.1) is 0 Å². The fourth-order valence-corrected chi connectivity index (χ4v) is 2.63.